The van der Waals surface area contributed by atoms with E-state index in [1.165, 1.54) is 22.2 Å². The van der Waals surface area contributed by atoms with E-state index in [0.29, 0.717) is 28.6 Å². The number of hydrogen-bond acceptors (Lipinski definition) is 5. The van der Waals surface area contributed by atoms with Crippen LogP contribution < -0.4 is 11.3 Å². The molecule has 1 aliphatic rings. The molecule has 2 aromatic rings. The normalized spacial score (nSPS) is 18.3. The van der Waals surface area contributed by atoms with Gasteiger partial charge in [0.2, 0.25) is 0 Å². The Morgan fingerprint density at radius 2 is 2.33 bits per heavy atom. The van der Waals surface area contributed by atoms with E-state index in [0.717, 1.165) is 36.0 Å². The van der Waals surface area contributed by atoms with E-state index in [1.807, 2.05) is 0 Å². The van der Waals surface area contributed by atoms with Crippen LogP contribution in [0.25, 0.3) is 10.2 Å². The molecule has 0 saturated carbocycles. The second-order valence-corrected chi connectivity index (χ2v) is 8.99. The van der Waals surface area contributed by atoms with Gasteiger partial charge in [-0.05, 0) is 36.7 Å². The van der Waals surface area contributed by atoms with Crippen molar-refractivity contribution in [3.8, 4) is 0 Å². The highest BCUT2D eigenvalue weighted by molar-refractivity contribution is 8.13. The van der Waals surface area contributed by atoms with Crippen LogP contribution in [-0.2, 0) is 18.6 Å². The van der Waals surface area contributed by atoms with Gasteiger partial charge in [0.05, 0.1) is 11.1 Å². The van der Waals surface area contributed by atoms with Crippen LogP contribution in [0.5, 0.6) is 0 Å². The zero-order valence-electron chi connectivity index (χ0n) is 14.4. The molecule has 1 aliphatic carbocycles. The first-order valence-electron chi connectivity index (χ1n) is 8.40. The number of amidine groups is 1. The van der Waals surface area contributed by atoms with Gasteiger partial charge in [0.15, 0.2) is 5.17 Å². The number of aromatic amines is 1. The molecule has 2 heterocycles. The summed E-state index contributed by atoms with van der Waals surface area (Å²) in [6.45, 7) is 7.20. The van der Waals surface area contributed by atoms with Crippen LogP contribution in [0.2, 0.25) is 0 Å². The number of nitrogens with one attached hydrogen (secondary N) is 1. The lowest BCUT2D eigenvalue weighted by Crippen LogP contribution is -2.15. The molecule has 24 heavy (non-hydrogen) atoms. The third-order valence-corrected chi connectivity index (χ3v) is 6.17. The van der Waals surface area contributed by atoms with E-state index in [4.69, 9.17) is 5.73 Å². The van der Waals surface area contributed by atoms with E-state index in [-0.39, 0.29) is 5.56 Å². The highest BCUT2D eigenvalue weighted by Gasteiger charge is 2.22. The van der Waals surface area contributed by atoms with Gasteiger partial charge < -0.3 is 10.7 Å². The molecule has 0 radical (unpaired) electrons. The molecule has 2 aromatic heterocycles. The predicted octanol–water partition coefficient (Wildman–Crippen LogP) is 3.31. The van der Waals surface area contributed by atoms with E-state index >= 15 is 0 Å². The zero-order valence-corrected chi connectivity index (χ0v) is 16.0. The maximum absolute atomic E-state index is 12.5. The van der Waals surface area contributed by atoms with Crippen LogP contribution in [0.3, 0.4) is 0 Å². The number of hydrogen-bond donors (Lipinski definition) is 2. The summed E-state index contributed by atoms with van der Waals surface area (Å²) < 4.78 is 0. The Morgan fingerprint density at radius 1 is 1.54 bits per heavy atom. The van der Waals surface area contributed by atoms with Gasteiger partial charge in [-0.15, -0.1) is 11.3 Å². The summed E-state index contributed by atoms with van der Waals surface area (Å²) in [6, 6.07) is 0. The Hall–Kier alpha value is -1.34. The fourth-order valence-corrected chi connectivity index (χ4v) is 4.91. The monoisotopic (exact) mass is 364 g/mol. The Balaban J connectivity index is 1.81. The molecular formula is C17H24N4OS2. The number of rotatable bonds is 4. The molecule has 7 heteroatoms. The molecule has 0 amide bonds. The maximum atomic E-state index is 12.5. The summed E-state index contributed by atoms with van der Waals surface area (Å²) >= 11 is 3.10. The standard InChI is InChI=1S/C17H24N4OS2/c1-9(2)7-19-17(18)23-8-13-20-15(22)14-11-5-4-10(3)6-12(11)24-16(14)21-13/h9-10H,4-8H2,1-3H3,(H2,18,19)(H,20,21,22)/t10-/m0/s1. The molecule has 0 fully saturated rings. The Labute approximate surface area is 150 Å². The average Bonchev–Trinajstić information content (AvgIpc) is 2.88. The summed E-state index contributed by atoms with van der Waals surface area (Å²) in [5, 5.41) is 1.35. The van der Waals surface area contributed by atoms with Gasteiger partial charge in [0.1, 0.15) is 10.7 Å². The van der Waals surface area contributed by atoms with Crippen LogP contribution in [0.1, 0.15) is 43.5 Å². The molecular weight excluding hydrogens is 340 g/mol. The lowest BCUT2D eigenvalue weighted by atomic mass is 9.89. The van der Waals surface area contributed by atoms with Crippen molar-refractivity contribution in [1.82, 2.24) is 9.97 Å². The number of thioether (sulfide) groups is 1. The average molecular weight is 365 g/mol. The minimum atomic E-state index is -0.0136. The third kappa shape index (κ3) is 3.83. The summed E-state index contributed by atoms with van der Waals surface area (Å²) in [5.41, 5.74) is 7.12. The van der Waals surface area contributed by atoms with Crippen molar-refractivity contribution in [2.24, 2.45) is 22.6 Å². The van der Waals surface area contributed by atoms with Gasteiger partial charge in [-0.2, -0.15) is 0 Å². The third-order valence-electron chi connectivity index (χ3n) is 4.18. The molecule has 0 aromatic carbocycles. The van der Waals surface area contributed by atoms with Crippen molar-refractivity contribution in [3.05, 3.63) is 26.6 Å². The number of nitrogens with two attached hydrogens (primary N) is 1. The van der Waals surface area contributed by atoms with Crippen molar-refractivity contribution in [2.45, 2.75) is 45.8 Å². The van der Waals surface area contributed by atoms with Gasteiger partial charge >= 0.3 is 0 Å². The van der Waals surface area contributed by atoms with Gasteiger partial charge in [0, 0.05) is 11.4 Å². The van der Waals surface area contributed by atoms with Crippen molar-refractivity contribution in [2.75, 3.05) is 6.54 Å². The smallest absolute Gasteiger partial charge is 0.259 e. The van der Waals surface area contributed by atoms with Gasteiger partial charge in [-0.3, -0.25) is 9.79 Å². The molecule has 0 unspecified atom stereocenters. The molecule has 3 rings (SSSR count). The number of aryl methyl sites for hydroxylation is 1. The molecule has 0 aliphatic heterocycles. The first-order chi connectivity index (χ1) is 11.4. The topological polar surface area (TPSA) is 84.1 Å². The number of fused-ring (bicyclic) bond motifs is 3. The van der Waals surface area contributed by atoms with Crippen LogP contribution in [0.15, 0.2) is 9.79 Å². The SMILES string of the molecule is CC(C)CN=C(N)SCc1nc2sc3c(c2c(=O)[nH]1)CC[C@H](C)C3. The number of H-pyrrole nitrogens is 1. The maximum Gasteiger partial charge on any atom is 0.259 e. The van der Waals surface area contributed by atoms with E-state index < -0.39 is 0 Å². The predicted molar refractivity (Wildman–Crippen MR) is 104 cm³/mol. The van der Waals surface area contributed by atoms with E-state index in [9.17, 15) is 4.79 Å². The molecule has 0 bridgehead atoms. The quantitative estimate of drug-likeness (QED) is 0.644. The lowest BCUT2D eigenvalue weighted by Gasteiger charge is -2.17. The van der Waals surface area contributed by atoms with Crippen LogP contribution >= 0.6 is 23.1 Å². The van der Waals surface area contributed by atoms with Crippen molar-refractivity contribution in [1.29, 1.82) is 0 Å². The van der Waals surface area contributed by atoms with Gasteiger partial charge in [-0.25, -0.2) is 4.98 Å². The number of nitrogens with zero attached hydrogens (tertiary/aromatic N) is 2. The first-order valence-corrected chi connectivity index (χ1v) is 10.2. The van der Waals surface area contributed by atoms with Crippen LogP contribution in [-0.4, -0.2) is 21.7 Å². The van der Waals surface area contributed by atoms with E-state index in [2.05, 4.69) is 35.7 Å². The molecule has 3 N–H and O–H groups in total. The fraction of sp³-hybridized carbons (Fsp3) is 0.588. The number of aliphatic imine (C=N–C) groups is 1. The zero-order chi connectivity index (χ0) is 17.3. The lowest BCUT2D eigenvalue weighted by molar-refractivity contribution is 0.509. The highest BCUT2D eigenvalue weighted by Crippen LogP contribution is 2.35. The van der Waals surface area contributed by atoms with Crippen molar-refractivity contribution >= 4 is 38.5 Å². The van der Waals surface area contributed by atoms with Crippen LogP contribution in [0, 0.1) is 11.8 Å². The van der Waals surface area contributed by atoms with Gasteiger partial charge in [-0.1, -0.05) is 32.5 Å². The molecule has 0 saturated heterocycles. The van der Waals surface area contributed by atoms with E-state index in [1.54, 1.807) is 11.3 Å². The minimum Gasteiger partial charge on any atom is -0.379 e. The Kier molecular flexibility index (Phi) is 5.30. The Bertz CT molecular complexity index is 822. The summed E-state index contributed by atoms with van der Waals surface area (Å²) in [4.78, 5) is 26.6. The molecule has 130 valence electrons. The highest BCUT2D eigenvalue weighted by atomic mass is 32.2. The largest absolute Gasteiger partial charge is 0.379 e. The van der Waals surface area contributed by atoms with Crippen molar-refractivity contribution in [3.63, 3.8) is 0 Å². The molecule has 1 atom stereocenters. The summed E-state index contributed by atoms with van der Waals surface area (Å²) in [7, 11) is 0. The van der Waals surface area contributed by atoms with Gasteiger partial charge in [0.25, 0.3) is 5.56 Å². The first kappa shape index (κ1) is 17.5. The Morgan fingerprint density at radius 3 is 3.08 bits per heavy atom. The number of thiophene rings is 1. The summed E-state index contributed by atoms with van der Waals surface area (Å²) in [6.07, 6.45) is 3.21. The second kappa shape index (κ2) is 7.27. The van der Waals surface area contributed by atoms with Crippen LogP contribution in [0.4, 0.5) is 0 Å². The second-order valence-electron chi connectivity index (χ2n) is 6.91. The minimum absolute atomic E-state index is 0.0136. The molecule has 0 spiro atoms. The summed E-state index contributed by atoms with van der Waals surface area (Å²) in [5.74, 6) is 2.39. The molecule has 5 nitrogen and oxygen atoms in total. The number of aromatic nitrogens is 2. The fourth-order valence-electron chi connectivity index (χ4n) is 2.92. The van der Waals surface area contributed by atoms with Crippen molar-refractivity contribution < 1.29 is 0 Å².